The van der Waals surface area contributed by atoms with E-state index >= 15 is 0 Å². The van der Waals surface area contributed by atoms with Crippen LogP contribution in [0.1, 0.15) is 35.6 Å². The highest BCUT2D eigenvalue weighted by Gasteiger charge is 2.30. The maximum atomic E-state index is 13.6. The first-order chi connectivity index (χ1) is 17.3. The van der Waals surface area contributed by atoms with E-state index in [1.165, 1.54) is 0 Å². The molecule has 3 aromatic rings. The molecule has 2 amide bonds. The lowest BCUT2D eigenvalue weighted by Crippen LogP contribution is -2.51. The summed E-state index contributed by atoms with van der Waals surface area (Å²) in [4.78, 5) is 28.6. The van der Waals surface area contributed by atoms with Crippen molar-refractivity contribution in [1.82, 2.24) is 10.2 Å². The third kappa shape index (κ3) is 7.74. The van der Waals surface area contributed by atoms with E-state index in [1.807, 2.05) is 75.4 Å². The zero-order chi connectivity index (χ0) is 26.1. The predicted octanol–water partition coefficient (Wildman–Crippen LogP) is 6.16. The average Bonchev–Trinajstić information content (AvgIpc) is 2.87. The summed E-state index contributed by atoms with van der Waals surface area (Å²) < 4.78 is 5.93. The molecule has 0 aromatic heterocycles. The van der Waals surface area contributed by atoms with Crippen molar-refractivity contribution < 1.29 is 14.3 Å². The first kappa shape index (κ1) is 27.6. The molecule has 36 heavy (non-hydrogen) atoms. The SMILES string of the molecule is CCCNC(=O)[C@@H](Cc1ccccc1)N(Cc1ccc(Cl)c(Cl)c1)C(=O)COc1cc(C)ccc1C. The van der Waals surface area contributed by atoms with E-state index in [1.54, 1.807) is 17.0 Å². The van der Waals surface area contributed by atoms with Gasteiger partial charge in [-0.2, -0.15) is 0 Å². The normalized spacial score (nSPS) is 11.6. The van der Waals surface area contributed by atoms with Crippen molar-refractivity contribution in [2.75, 3.05) is 13.2 Å². The van der Waals surface area contributed by atoms with Crippen LogP contribution in [-0.2, 0) is 22.6 Å². The number of rotatable bonds is 11. The molecule has 0 saturated heterocycles. The molecule has 3 aromatic carbocycles. The highest BCUT2D eigenvalue weighted by Crippen LogP contribution is 2.25. The van der Waals surface area contributed by atoms with Crippen LogP contribution in [0.3, 0.4) is 0 Å². The Hall–Kier alpha value is -3.02. The molecule has 190 valence electrons. The van der Waals surface area contributed by atoms with Crippen LogP contribution >= 0.6 is 23.2 Å². The molecule has 0 unspecified atom stereocenters. The van der Waals surface area contributed by atoms with Crippen LogP contribution in [0.15, 0.2) is 66.7 Å². The van der Waals surface area contributed by atoms with Gasteiger partial charge in [0.2, 0.25) is 5.91 Å². The number of aryl methyl sites for hydroxylation is 2. The monoisotopic (exact) mass is 526 g/mol. The molecule has 3 rings (SSSR count). The fourth-order valence-corrected chi connectivity index (χ4v) is 4.16. The molecule has 0 bridgehead atoms. The smallest absolute Gasteiger partial charge is 0.261 e. The standard InChI is InChI=1S/C29H32Cl2N2O3/c1-4-14-32-29(35)26(17-22-8-6-5-7-9-22)33(18-23-12-13-24(30)25(31)16-23)28(34)19-36-27-15-20(2)10-11-21(27)3/h5-13,15-16,26H,4,14,17-19H2,1-3H3,(H,32,35)/t26-/m1/s1. The van der Waals surface area contributed by atoms with E-state index in [4.69, 9.17) is 27.9 Å². The summed E-state index contributed by atoms with van der Waals surface area (Å²) in [6.07, 6.45) is 1.16. The fraction of sp³-hybridized carbons (Fsp3) is 0.310. The van der Waals surface area contributed by atoms with Gasteiger partial charge in [0, 0.05) is 19.5 Å². The van der Waals surface area contributed by atoms with Gasteiger partial charge >= 0.3 is 0 Å². The number of amides is 2. The minimum Gasteiger partial charge on any atom is -0.483 e. The average molecular weight is 527 g/mol. The lowest BCUT2D eigenvalue weighted by atomic mass is 10.0. The van der Waals surface area contributed by atoms with Crippen molar-refractivity contribution in [3.63, 3.8) is 0 Å². The van der Waals surface area contributed by atoms with Crippen LogP contribution < -0.4 is 10.1 Å². The molecule has 5 nitrogen and oxygen atoms in total. The molecule has 0 fully saturated rings. The number of nitrogens with zero attached hydrogens (tertiary/aromatic N) is 1. The predicted molar refractivity (Wildman–Crippen MR) is 146 cm³/mol. The number of halogens is 2. The fourth-order valence-electron chi connectivity index (χ4n) is 3.84. The second-order valence-corrected chi connectivity index (χ2v) is 9.64. The number of carbonyl (C=O) groups is 2. The van der Waals surface area contributed by atoms with E-state index in [9.17, 15) is 9.59 Å². The lowest BCUT2D eigenvalue weighted by molar-refractivity contribution is -0.142. The third-order valence-corrected chi connectivity index (χ3v) is 6.59. The largest absolute Gasteiger partial charge is 0.483 e. The molecule has 1 N–H and O–H groups in total. The summed E-state index contributed by atoms with van der Waals surface area (Å²) in [6.45, 7) is 6.41. The summed E-state index contributed by atoms with van der Waals surface area (Å²) in [7, 11) is 0. The molecule has 0 spiro atoms. The molecule has 0 saturated carbocycles. The molecule has 0 heterocycles. The summed E-state index contributed by atoms with van der Waals surface area (Å²) >= 11 is 12.4. The highest BCUT2D eigenvalue weighted by molar-refractivity contribution is 6.42. The molecule has 0 aliphatic rings. The van der Waals surface area contributed by atoms with Crippen LogP contribution in [0.25, 0.3) is 0 Å². The molecular formula is C29H32Cl2N2O3. The van der Waals surface area contributed by atoms with Gasteiger partial charge in [-0.3, -0.25) is 9.59 Å². The Kier molecular flexibility index (Phi) is 10.2. The van der Waals surface area contributed by atoms with Crippen molar-refractivity contribution in [1.29, 1.82) is 0 Å². The number of hydrogen-bond donors (Lipinski definition) is 1. The number of carbonyl (C=O) groups excluding carboxylic acids is 2. The van der Waals surface area contributed by atoms with Crippen LogP contribution in [-0.4, -0.2) is 35.9 Å². The summed E-state index contributed by atoms with van der Waals surface area (Å²) in [5, 5.41) is 3.78. The van der Waals surface area contributed by atoms with Crippen molar-refractivity contribution in [3.8, 4) is 5.75 Å². The van der Waals surface area contributed by atoms with Crippen LogP contribution in [0.5, 0.6) is 5.75 Å². The first-order valence-corrected chi connectivity index (χ1v) is 12.8. The Bertz CT molecular complexity index is 1180. The van der Waals surface area contributed by atoms with Crippen LogP contribution in [0.4, 0.5) is 0 Å². The number of hydrogen-bond acceptors (Lipinski definition) is 3. The van der Waals surface area contributed by atoms with E-state index in [2.05, 4.69) is 5.32 Å². The minimum absolute atomic E-state index is 0.183. The second kappa shape index (κ2) is 13.3. The van der Waals surface area contributed by atoms with Gasteiger partial charge in [-0.25, -0.2) is 0 Å². The van der Waals surface area contributed by atoms with Crippen molar-refractivity contribution in [2.24, 2.45) is 0 Å². The van der Waals surface area contributed by atoms with Gasteiger partial charge < -0.3 is 15.0 Å². The molecule has 0 aliphatic heterocycles. The van der Waals surface area contributed by atoms with E-state index in [0.717, 1.165) is 28.7 Å². The van der Waals surface area contributed by atoms with Crippen molar-refractivity contribution >= 4 is 35.0 Å². The Balaban J connectivity index is 1.93. The Morgan fingerprint density at radius 3 is 2.39 bits per heavy atom. The van der Waals surface area contributed by atoms with E-state index in [0.29, 0.717) is 28.8 Å². The maximum absolute atomic E-state index is 13.6. The van der Waals surface area contributed by atoms with Crippen molar-refractivity contribution in [2.45, 2.75) is 46.2 Å². The lowest BCUT2D eigenvalue weighted by Gasteiger charge is -2.31. The topological polar surface area (TPSA) is 58.6 Å². The summed E-state index contributed by atoms with van der Waals surface area (Å²) in [5.74, 6) is 0.142. The highest BCUT2D eigenvalue weighted by atomic mass is 35.5. The van der Waals surface area contributed by atoms with Gasteiger partial charge in [-0.1, -0.05) is 78.7 Å². The van der Waals surface area contributed by atoms with Crippen LogP contribution in [0, 0.1) is 13.8 Å². The quantitative estimate of drug-likeness (QED) is 0.325. The maximum Gasteiger partial charge on any atom is 0.261 e. The van der Waals surface area contributed by atoms with Crippen molar-refractivity contribution in [3.05, 3.63) is 99.0 Å². The van der Waals surface area contributed by atoms with Gasteiger partial charge in [0.15, 0.2) is 6.61 Å². The Labute approximate surface area is 223 Å². The molecule has 0 aliphatic carbocycles. The number of nitrogens with one attached hydrogen (secondary N) is 1. The van der Waals surface area contributed by atoms with Gasteiger partial charge in [-0.05, 0) is 60.7 Å². The van der Waals surface area contributed by atoms with E-state index < -0.39 is 6.04 Å². The van der Waals surface area contributed by atoms with Gasteiger partial charge in [0.25, 0.3) is 5.91 Å². The molecule has 7 heteroatoms. The molecule has 0 radical (unpaired) electrons. The minimum atomic E-state index is -0.733. The number of benzene rings is 3. The van der Waals surface area contributed by atoms with Crippen LogP contribution in [0.2, 0.25) is 10.0 Å². The zero-order valence-electron chi connectivity index (χ0n) is 20.9. The second-order valence-electron chi connectivity index (χ2n) is 8.82. The van der Waals surface area contributed by atoms with Gasteiger partial charge in [-0.15, -0.1) is 0 Å². The number of ether oxygens (including phenoxy) is 1. The van der Waals surface area contributed by atoms with Gasteiger partial charge in [0.05, 0.1) is 10.0 Å². The third-order valence-electron chi connectivity index (χ3n) is 5.85. The zero-order valence-corrected chi connectivity index (χ0v) is 22.4. The Morgan fingerprint density at radius 2 is 1.69 bits per heavy atom. The molecular weight excluding hydrogens is 495 g/mol. The van der Waals surface area contributed by atoms with Gasteiger partial charge in [0.1, 0.15) is 11.8 Å². The summed E-state index contributed by atoms with van der Waals surface area (Å²) in [5.41, 5.74) is 3.70. The van der Waals surface area contributed by atoms with E-state index in [-0.39, 0.29) is 25.0 Å². The summed E-state index contributed by atoms with van der Waals surface area (Å²) in [6, 6.07) is 20.0. The Morgan fingerprint density at radius 1 is 0.944 bits per heavy atom. The molecule has 1 atom stereocenters. The first-order valence-electron chi connectivity index (χ1n) is 12.0.